The van der Waals surface area contributed by atoms with Gasteiger partial charge < -0.3 is 5.73 Å². The molecule has 2 N–H and O–H groups in total. The Bertz CT molecular complexity index is 357. The number of halogens is 4. The number of alkyl halides is 3. The highest BCUT2D eigenvalue weighted by molar-refractivity contribution is 5.27. The van der Waals surface area contributed by atoms with Crippen LogP contribution in [0.5, 0.6) is 0 Å². The van der Waals surface area contributed by atoms with E-state index in [1.165, 1.54) is 0 Å². The van der Waals surface area contributed by atoms with Crippen molar-refractivity contribution in [1.29, 1.82) is 0 Å². The molecule has 0 aliphatic carbocycles. The standard InChI is InChI=1S/C11H13F4N/c1-7(16)2-3-8-4-9(11(13,14)15)6-10(12)5-8/h4-7H,2-3,16H2,1H3. The molecule has 16 heavy (non-hydrogen) atoms. The van der Waals surface area contributed by atoms with Crippen LogP contribution in [0.4, 0.5) is 17.6 Å². The zero-order valence-electron chi connectivity index (χ0n) is 8.81. The van der Waals surface area contributed by atoms with E-state index in [1.807, 2.05) is 0 Å². The summed E-state index contributed by atoms with van der Waals surface area (Å²) < 4.78 is 50.0. The first-order chi connectivity index (χ1) is 7.29. The van der Waals surface area contributed by atoms with Gasteiger partial charge in [0.05, 0.1) is 5.56 Å². The van der Waals surface area contributed by atoms with Gasteiger partial charge in [0.25, 0.3) is 0 Å². The molecule has 0 aliphatic heterocycles. The average molecular weight is 235 g/mol. The molecule has 0 saturated carbocycles. The summed E-state index contributed by atoms with van der Waals surface area (Å²) in [5, 5.41) is 0. The van der Waals surface area contributed by atoms with Crippen LogP contribution in [-0.4, -0.2) is 6.04 Å². The van der Waals surface area contributed by atoms with Crippen molar-refractivity contribution in [3.8, 4) is 0 Å². The fourth-order valence-electron chi connectivity index (χ4n) is 1.35. The highest BCUT2D eigenvalue weighted by atomic mass is 19.4. The Balaban J connectivity index is 2.90. The summed E-state index contributed by atoms with van der Waals surface area (Å²) in [6.07, 6.45) is -3.63. The minimum Gasteiger partial charge on any atom is -0.328 e. The van der Waals surface area contributed by atoms with E-state index < -0.39 is 17.6 Å². The van der Waals surface area contributed by atoms with E-state index in [-0.39, 0.29) is 6.04 Å². The average Bonchev–Trinajstić information content (AvgIpc) is 2.12. The molecule has 1 aromatic rings. The molecule has 0 aliphatic rings. The first-order valence-corrected chi connectivity index (χ1v) is 4.91. The maximum atomic E-state index is 13.0. The summed E-state index contributed by atoms with van der Waals surface area (Å²) in [5.41, 5.74) is 4.86. The third-order valence-electron chi connectivity index (χ3n) is 2.17. The largest absolute Gasteiger partial charge is 0.416 e. The van der Waals surface area contributed by atoms with E-state index in [0.29, 0.717) is 24.5 Å². The molecule has 0 radical (unpaired) electrons. The van der Waals surface area contributed by atoms with Crippen molar-refractivity contribution in [2.75, 3.05) is 0 Å². The van der Waals surface area contributed by atoms with Gasteiger partial charge in [-0.15, -0.1) is 0 Å². The van der Waals surface area contributed by atoms with Crippen LogP contribution in [0.3, 0.4) is 0 Å². The van der Waals surface area contributed by atoms with E-state index in [9.17, 15) is 17.6 Å². The Morgan fingerprint density at radius 3 is 2.38 bits per heavy atom. The maximum absolute atomic E-state index is 13.0. The van der Waals surface area contributed by atoms with Crippen molar-refractivity contribution in [2.45, 2.75) is 32.0 Å². The van der Waals surface area contributed by atoms with Gasteiger partial charge in [0.15, 0.2) is 0 Å². The quantitative estimate of drug-likeness (QED) is 0.800. The van der Waals surface area contributed by atoms with Gasteiger partial charge in [0, 0.05) is 6.04 Å². The van der Waals surface area contributed by atoms with Crippen molar-refractivity contribution in [3.63, 3.8) is 0 Å². The van der Waals surface area contributed by atoms with Crippen molar-refractivity contribution in [1.82, 2.24) is 0 Å². The third kappa shape index (κ3) is 3.81. The second-order valence-electron chi connectivity index (χ2n) is 3.86. The van der Waals surface area contributed by atoms with Crippen LogP contribution in [0, 0.1) is 5.82 Å². The summed E-state index contributed by atoms with van der Waals surface area (Å²) in [7, 11) is 0. The molecule has 0 aromatic heterocycles. The van der Waals surface area contributed by atoms with Gasteiger partial charge in [-0.05, 0) is 43.5 Å². The predicted octanol–water partition coefficient (Wildman–Crippen LogP) is 3.12. The van der Waals surface area contributed by atoms with Gasteiger partial charge in [0.1, 0.15) is 5.82 Å². The zero-order chi connectivity index (χ0) is 12.3. The first kappa shape index (κ1) is 13.0. The highest BCUT2D eigenvalue weighted by Crippen LogP contribution is 2.30. The molecule has 0 amide bonds. The van der Waals surface area contributed by atoms with Crippen LogP contribution < -0.4 is 5.73 Å². The summed E-state index contributed by atoms with van der Waals surface area (Å²) in [6.45, 7) is 1.75. The number of hydrogen-bond donors (Lipinski definition) is 1. The summed E-state index contributed by atoms with van der Waals surface area (Å²) in [6, 6.07) is 2.45. The van der Waals surface area contributed by atoms with E-state index in [4.69, 9.17) is 5.73 Å². The third-order valence-corrected chi connectivity index (χ3v) is 2.17. The minimum absolute atomic E-state index is 0.113. The summed E-state index contributed by atoms with van der Waals surface area (Å²) in [4.78, 5) is 0. The first-order valence-electron chi connectivity index (χ1n) is 4.91. The molecule has 0 fully saturated rings. The molecule has 90 valence electrons. The van der Waals surface area contributed by atoms with Crippen molar-refractivity contribution in [2.24, 2.45) is 5.73 Å². The van der Waals surface area contributed by atoms with Crippen LogP contribution in [0.25, 0.3) is 0 Å². The predicted molar refractivity (Wildman–Crippen MR) is 53.4 cm³/mol. The zero-order valence-corrected chi connectivity index (χ0v) is 8.81. The van der Waals surface area contributed by atoms with Crippen molar-refractivity contribution in [3.05, 3.63) is 35.1 Å². The summed E-state index contributed by atoms with van der Waals surface area (Å²) in [5.74, 6) is -0.866. The lowest BCUT2D eigenvalue weighted by Crippen LogP contribution is -2.15. The summed E-state index contributed by atoms with van der Waals surface area (Å²) >= 11 is 0. The van der Waals surface area contributed by atoms with Gasteiger partial charge in [-0.1, -0.05) is 0 Å². The number of hydrogen-bond acceptors (Lipinski definition) is 1. The van der Waals surface area contributed by atoms with Gasteiger partial charge >= 0.3 is 6.18 Å². The van der Waals surface area contributed by atoms with E-state index in [1.54, 1.807) is 6.92 Å². The minimum atomic E-state index is -4.51. The van der Waals surface area contributed by atoms with Gasteiger partial charge in [-0.3, -0.25) is 0 Å². The van der Waals surface area contributed by atoms with Crippen molar-refractivity contribution < 1.29 is 17.6 Å². The van der Waals surface area contributed by atoms with Crippen molar-refractivity contribution >= 4 is 0 Å². The fraction of sp³-hybridized carbons (Fsp3) is 0.455. The smallest absolute Gasteiger partial charge is 0.328 e. The lowest BCUT2D eigenvalue weighted by Gasteiger charge is -2.10. The van der Waals surface area contributed by atoms with E-state index in [2.05, 4.69) is 0 Å². The maximum Gasteiger partial charge on any atom is 0.416 e. The topological polar surface area (TPSA) is 26.0 Å². The second-order valence-corrected chi connectivity index (χ2v) is 3.86. The van der Waals surface area contributed by atoms with E-state index >= 15 is 0 Å². The Morgan fingerprint density at radius 1 is 1.25 bits per heavy atom. The number of rotatable bonds is 3. The van der Waals surface area contributed by atoms with Gasteiger partial charge in [-0.2, -0.15) is 13.2 Å². The van der Waals surface area contributed by atoms with Crippen LogP contribution in [0.1, 0.15) is 24.5 Å². The second kappa shape index (κ2) is 4.82. The molecular weight excluding hydrogens is 222 g/mol. The van der Waals surface area contributed by atoms with Crippen LogP contribution >= 0.6 is 0 Å². The molecular formula is C11H13F4N. The normalized spacial score (nSPS) is 13.9. The molecule has 1 unspecified atom stereocenters. The molecule has 5 heteroatoms. The molecule has 0 spiro atoms. The lowest BCUT2D eigenvalue weighted by molar-refractivity contribution is -0.137. The van der Waals surface area contributed by atoms with Crippen LogP contribution in [-0.2, 0) is 12.6 Å². The van der Waals surface area contributed by atoms with Crippen LogP contribution in [0.2, 0.25) is 0 Å². The molecule has 0 heterocycles. The molecule has 0 saturated heterocycles. The number of nitrogens with two attached hydrogens (primary N) is 1. The molecule has 1 nitrogen and oxygen atoms in total. The number of benzene rings is 1. The number of aryl methyl sites for hydroxylation is 1. The Hall–Kier alpha value is -1.10. The Morgan fingerprint density at radius 2 is 1.88 bits per heavy atom. The lowest BCUT2D eigenvalue weighted by atomic mass is 10.0. The molecule has 0 bridgehead atoms. The highest BCUT2D eigenvalue weighted by Gasteiger charge is 2.31. The van der Waals surface area contributed by atoms with Crippen LogP contribution in [0.15, 0.2) is 18.2 Å². The van der Waals surface area contributed by atoms with E-state index in [0.717, 1.165) is 12.1 Å². The molecule has 1 aromatic carbocycles. The molecule has 1 atom stereocenters. The monoisotopic (exact) mass is 235 g/mol. The Kier molecular flexibility index (Phi) is 3.91. The van der Waals surface area contributed by atoms with Gasteiger partial charge in [-0.25, -0.2) is 4.39 Å². The Labute approximate surface area is 91.3 Å². The fourth-order valence-corrected chi connectivity index (χ4v) is 1.35. The van der Waals surface area contributed by atoms with Gasteiger partial charge in [0.2, 0.25) is 0 Å². The molecule has 1 rings (SSSR count). The SMILES string of the molecule is CC(N)CCc1cc(F)cc(C(F)(F)F)c1.